The number of halogens is 2. The number of anilines is 2. The molecule has 0 fully saturated rings. The maximum Gasteiger partial charge on any atom is 0.335 e. The molecule has 0 saturated carbocycles. The summed E-state index contributed by atoms with van der Waals surface area (Å²) in [4.78, 5) is 19.3. The Morgan fingerprint density at radius 2 is 1.95 bits per heavy atom. The summed E-state index contributed by atoms with van der Waals surface area (Å²) < 4.78 is 1.79. The van der Waals surface area contributed by atoms with Crippen LogP contribution in [0.5, 0.6) is 0 Å². The number of aromatic nitrogens is 3. The van der Waals surface area contributed by atoms with Crippen molar-refractivity contribution in [3.05, 3.63) is 46.2 Å². The summed E-state index contributed by atoms with van der Waals surface area (Å²) in [6.45, 7) is 0. The largest absolute Gasteiger partial charge is 0.478 e. The van der Waals surface area contributed by atoms with Crippen molar-refractivity contribution in [1.29, 1.82) is 0 Å². The van der Waals surface area contributed by atoms with Crippen molar-refractivity contribution in [2.45, 2.75) is 0 Å². The summed E-state index contributed by atoms with van der Waals surface area (Å²) in [6, 6.07) is 4.74. The molecular formula is C14H10Cl2N4O2. The lowest BCUT2D eigenvalue weighted by Gasteiger charge is -2.09. The smallest absolute Gasteiger partial charge is 0.335 e. The van der Waals surface area contributed by atoms with Gasteiger partial charge in [0.1, 0.15) is 0 Å². The summed E-state index contributed by atoms with van der Waals surface area (Å²) in [6.07, 6.45) is 2.95. The molecule has 0 bridgehead atoms. The summed E-state index contributed by atoms with van der Waals surface area (Å²) in [5, 5.41) is 12.8. The van der Waals surface area contributed by atoms with Gasteiger partial charge in [-0.05, 0) is 18.2 Å². The normalized spacial score (nSPS) is 10.9. The minimum Gasteiger partial charge on any atom is -0.478 e. The molecule has 8 heteroatoms. The number of imidazole rings is 1. The van der Waals surface area contributed by atoms with E-state index in [1.807, 2.05) is 0 Å². The van der Waals surface area contributed by atoms with Crippen LogP contribution < -0.4 is 5.32 Å². The van der Waals surface area contributed by atoms with E-state index >= 15 is 0 Å². The number of carboxylic acid groups (broad SMARTS) is 1. The van der Waals surface area contributed by atoms with Gasteiger partial charge in [0.2, 0.25) is 5.95 Å². The second-order valence-corrected chi connectivity index (χ2v) is 5.42. The Morgan fingerprint density at radius 1 is 1.27 bits per heavy atom. The third kappa shape index (κ3) is 2.47. The van der Waals surface area contributed by atoms with Gasteiger partial charge in [-0.2, -0.15) is 0 Å². The Balaban J connectivity index is 2.08. The predicted molar refractivity (Wildman–Crippen MR) is 85.2 cm³/mol. The topological polar surface area (TPSA) is 80.0 Å². The fraction of sp³-hybridized carbons (Fsp3) is 0.0714. The van der Waals surface area contributed by atoms with Crippen LogP contribution in [0.15, 0.2) is 30.6 Å². The first-order valence-electron chi connectivity index (χ1n) is 6.23. The molecule has 22 heavy (non-hydrogen) atoms. The molecule has 0 atom stereocenters. The second kappa shape index (κ2) is 5.47. The Morgan fingerprint density at radius 3 is 2.59 bits per heavy atom. The Bertz CT molecular complexity index is 872. The average molecular weight is 337 g/mol. The quantitative estimate of drug-likeness (QED) is 0.761. The second-order valence-electron chi connectivity index (χ2n) is 4.61. The Kier molecular flexibility index (Phi) is 3.64. The first-order chi connectivity index (χ1) is 10.5. The predicted octanol–water partition coefficient (Wildman–Crippen LogP) is 3.72. The van der Waals surface area contributed by atoms with Gasteiger partial charge < -0.3 is 15.0 Å². The van der Waals surface area contributed by atoms with Crippen LogP contribution in [0, 0.1) is 0 Å². The highest BCUT2D eigenvalue weighted by atomic mass is 35.5. The van der Waals surface area contributed by atoms with Gasteiger partial charge in [-0.1, -0.05) is 23.2 Å². The van der Waals surface area contributed by atoms with Gasteiger partial charge in [0.15, 0.2) is 0 Å². The van der Waals surface area contributed by atoms with Crippen LogP contribution in [0.3, 0.4) is 0 Å². The molecule has 3 aromatic rings. The molecule has 0 radical (unpaired) electrons. The first kappa shape index (κ1) is 14.6. The molecule has 112 valence electrons. The summed E-state index contributed by atoms with van der Waals surface area (Å²) in [7, 11) is 1.81. The number of fused-ring (bicyclic) bond motifs is 1. The number of benzene rings is 1. The van der Waals surface area contributed by atoms with Crippen LogP contribution in [-0.4, -0.2) is 25.6 Å². The van der Waals surface area contributed by atoms with Crippen LogP contribution in [0.4, 0.5) is 11.6 Å². The molecule has 2 N–H and O–H groups in total. The highest BCUT2D eigenvalue weighted by Gasteiger charge is 2.13. The van der Waals surface area contributed by atoms with E-state index in [2.05, 4.69) is 15.3 Å². The monoisotopic (exact) mass is 336 g/mol. The van der Waals surface area contributed by atoms with E-state index in [-0.39, 0.29) is 5.56 Å². The van der Waals surface area contributed by atoms with Crippen molar-refractivity contribution < 1.29 is 9.90 Å². The lowest BCUT2D eigenvalue weighted by Crippen LogP contribution is -2.00. The zero-order valence-electron chi connectivity index (χ0n) is 11.3. The van der Waals surface area contributed by atoms with Gasteiger partial charge in [0, 0.05) is 19.4 Å². The van der Waals surface area contributed by atoms with E-state index in [4.69, 9.17) is 28.3 Å². The van der Waals surface area contributed by atoms with Gasteiger partial charge in [-0.25, -0.2) is 9.78 Å². The molecule has 0 spiro atoms. The zero-order chi connectivity index (χ0) is 15.9. The highest BCUT2D eigenvalue weighted by molar-refractivity contribution is 6.39. The van der Waals surface area contributed by atoms with Gasteiger partial charge in [0.25, 0.3) is 0 Å². The number of pyridine rings is 1. The molecule has 2 heterocycles. The molecule has 0 unspecified atom stereocenters. The fourth-order valence-corrected chi connectivity index (χ4v) is 2.55. The van der Waals surface area contributed by atoms with E-state index in [1.165, 1.54) is 24.5 Å². The van der Waals surface area contributed by atoms with Crippen LogP contribution in [0.2, 0.25) is 10.0 Å². The van der Waals surface area contributed by atoms with Crippen molar-refractivity contribution in [2.24, 2.45) is 7.05 Å². The fourth-order valence-electron chi connectivity index (χ4n) is 2.09. The maximum absolute atomic E-state index is 11.0. The number of carbonyl (C=O) groups is 1. The minimum atomic E-state index is -0.998. The summed E-state index contributed by atoms with van der Waals surface area (Å²) in [5.74, 6) is -0.505. The van der Waals surface area contributed by atoms with Crippen LogP contribution in [0.25, 0.3) is 11.0 Å². The van der Waals surface area contributed by atoms with E-state index in [1.54, 1.807) is 17.7 Å². The van der Waals surface area contributed by atoms with Gasteiger partial charge in [-0.15, -0.1) is 0 Å². The minimum absolute atomic E-state index is 0.178. The van der Waals surface area contributed by atoms with Crippen molar-refractivity contribution >= 4 is 51.8 Å². The van der Waals surface area contributed by atoms with Crippen molar-refractivity contribution in [3.63, 3.8) is 0 Å². The van der Waals surface area contributed by atoms with Crippen LogP contribution in [-0.2, 0) is 7.05 Å². The number of carboxylic acids is 1. The number of aromatic carboxylic acids is 1. The van der Waals surface area contributed by atoms with E-state index in [9.17, 15) is 4.79 Å². The number of rotatable bonds is 3. The number of nitrogens with zero attached hydrogens (tertiary/aromatic N) is 3. The number of aryl methyl sites for hydroxylation is 1. The Labute approximate surface area is 135 Å². The lowest BCUT2D eigenvalue weighted by molar-refractivity contribution is 0.0697. The van der Waals surface area contributed by atoms with E-state index in [0.29, 0.717) is 27.2 Å². The molecule has 0 saturated heterocycles. The third-order valence-electron chi connectivity index (χ3n) is 3.22. The van der Waals surface area contributed by atoms with Gasteiger partial charge >= 0.3 is 5.97 Å². The molecule has 0 aliphatic heterocycles. The van der Waals surface area contributed by atoms with Crippen LogP contribution in [0.1, 0.15) is 10.4 Å². The molecule has 0 amide bonds. The first-order valence-corrected chi connectivity index (χ1v) is 6.99. The van der Waals surface area contributed by atoms with Crippen molar-refractivity contribution in [2.75, 3.05) is 5.32 Å². The SMILES string of the molecule is Cn1c(Nc2c(Cl)cncc2Cl)nc2cc(C(=O)O)ccc21. The van der Waals surface area contributed by atoms with E-state index < -0.39 is 5.97 Å². The lowest BCUT2D eigenvalue weighted by atomic mass is 10.2. The number of hydrogen-bond acceptors (Lipinski definition) is 4. The third-order valence-corrected chi connectivity index (χ3v) is 3.79. The highest BCUT2D eigenvalue weighted by Crippen LogP contribution is 2.32. The summed E-state index contributed by atoms with van der Waals surface area (Å²) >= 11 is 12.1. The Hall–Kier alpha value is -2.31. The standard InChI is InChI=1S/C14H10Cl2N4O2/c1-20-11-3-2-7(13(21)22)4-10(11)18-14(20)19-12-8(15)5-17-6-9(12)16/h2-6H,1H3,(H,21,22)(H,17,18,19). The number of nitrogens with one attached hydrogen (secondary N) is 1. The van der Waals surface area contributed by atoms with Gasteiger partial charge in [-0.3, -0.25) is 4.98 Å². The molecule has 0 aliphatic rings. The zero-order valence-corrected chi connectivity index (χ0v) is 12.9. The molecule has 2 aromatic heterocycles. The molecular weight excluding hydrogens is 327 g/mol. The molecule has 0 aliphatic carbocycles. The number of hydrogen-bond donors (Lipinski definition) is 2. The average Bonchev–Trinajstić information content (AvgIpc) is 2.79. The van der Waals surface area contributed by atoms with E-state index in [0.717, 1.165) is 5.52 Å². The van der Waals surface area contributed by atoms with Crippen LogP contribution >= 0.6 is 23.2 Å². The molecule has 1 aromatic carbocycles. The summed E-state index contributed by atoms with van der Waals surface area (Å²) in [5.41, 5.74) is 2.02. The molecule has 3 rings (SSSR count). The van der Waals surface area contributed by atoms with Crippen molar-refractivity contribution in [1.82, 2.24) is 14.5 Å². The van der Waals surface area contributed by atoms with Gasteiger partial charge in [0.05, 0.1) is 32.3 Å². The molecule has 6 nitrogen and oxygen atoms in total. The van der Waals surface area contributed by atoms with Crippen molar-refractivity contribution in [3.8, 4) is 0 Å². The maximum atomic E-state index is 11.0.